The van der Waals surface area contributed by atoms with Crippen LogP contribution in [-0.4, -0.2) is 36.4 Å². The smallest absolute Gasteiger partial charge is 0.281 e. The average Bonchev–Trinajstić information content (AvgIpc) is 3.05. The molecule has 1 aliphatic rings. The topological polar surface area (TPSA) is 101 Å². The lowest BCUT2D eigenvalue weighted by Gasteiger charge is -2.33. The molecule has 0 radical (unpaired) electrons. The van der Waals surface area contributed by atoms with Crippen molar-refractivity contribution in [1.82, 2.24) is 14.7 Å². The van der Waals surface area contributed by atoms with Gasteiger partial charge in [-0.25, -0.2) is 9.71 Å². The van der Waals surface area contributed by atoms with Crippen LogP contribution in [0.5, 0.6) is 5.88 Å². The van der Waals surface area contributed by atoms with Crippen molar-refractivity contribution in [2.45, 2.75) is 44.7 Å². The van der Waals surface area contributed by atoms with E-state index in [4.69, 9.17) is 16.3 Å². The van der Waals surface area contributed by atoms with Gasteiger partial charge in [-0.15, -0.1) is 0 Å². The summed E-state index contributed by atoms with van der Waals surface area (Å²) in [4.78, 5) is 23.6. The van der Waals surface area contributed by atoms with Crippen LogP contribution in [0.3, 0.4) is 0 Å². The Bertz CT molecular complexity index is 1290. The lowest BCUT2D eigenvalue weighted by Crippen LogP contribution is -2.41. The number of pyridine rings is 2. The van der Waals surface area contributed by atoms with E-state index in [1.165, 1.54) is 24.3 Å². The summed E-state index contributed by atoms with van der Waals surface area (Å²) >= 11 is 6.01. The Kier molecular flexibility index (Phi) is 8.02. The number of ether oxygens (including phenoxy) is 1. The molecular weight excluding hydrogens is 488 g/mol. The van der Waals surface area contributed by atoms with Crippen LogP contribution in [0.4, 0.5) is 5.82 Å². The summed E-state index contributed by atoms with van der Waals surface area (Å²) in [5.74, 6) is 0.505. The van der Waals surface area contributed by atoms with Gasteiger partial charge in [0.05, 0.1) is 5.56 Å². The molecule has 0 aromatic carbocycles. The second kappa shape index (κ2) is 10.6. The maximum atomic E-state index is 13.1. The van der Waals surface area contributed by atoms with E-state index in [1.54, 1.807) is 37.4 Å². The lowest BCUT2D eigenvalue weighted by atomic mass is 9.97. The second-order valence-corrected chi connectivity index (χ2v) is 11.1. The van der Waals surface area contributed by atoms with E-state index in [1.807, 2.05) is 4.90 Å². The molecule has 35 heavy (non-hydrogen) atoms. The minimum atomic E-state index is -4.28. The highest BCUT2D eigenvalue weighted by Gasteiger charge is 2.39. The zero-order chi connectivity index (χ0) is 25.8. The van der Waals surface area contributed by atoms with Crippen LogP contribution in [0.15, 0.2) is 77.2 Å². The minimum Gasteiger partial charge on any atom is -0.444 e. The third-order valence-electron chi connectivity index (χ3n) is 5.44. The first-order chi connectivity index (χ1) is 16.4. The number of nitrogens with zero attached hydrogens (tertiary/aromatic N) is 3. The first kappa shape index (κ1) is 26.4. The molecule has 186 valence electrons. The SMILES string of the molecule is C=C/C=C(Cl)\C=C(/C)Oc1cccc(S(=O)(=O)NC(=O)c2cccnc2N2CC(C)CC2(C)C)n1. The van der Waals surface area contributed by atoms with Crippen LogP contribution >= 0.6 is 11.6 Å². The van der Waals surface area contributed by atoms with Crippen molar-refractivity contribution < 1.29 is 17.9 Å². The number of aromatic nitrogens is 2. The van der Waals surface area contributed by atoms with E-state index in [0.29, 0.717) is 22.5 Å². The Morgan fingerprint density at radius 1 is 1.31 bits per heavy atom. The number of sulfonamides is 1. The van der Waals surface area contributed by atoms with Crippen molar-refractivity contribution in [3.05, 3.63) is 77.7 Å². The molecule has 1 saturated heterocycles. The Morgan fingerprint density at radius 2 is 2.06 bits per heavy atom. The number of rotatable bonds is 8. The monoisotopic (exact) mass is 516 g/mol. The molecule has 1 fully saturated rings. The summed E-state index contributed by atoms with van der Waals surface area (Å²) in [6.45, 7) is 12.2. The first-order valence-electron chi connectivity index (χ1n) is 11.0. The summed E-state index contributed by atoms with van der Waals surface area (Å²) < 4.78 is 33.7. The quantitative estimate of drug-likeness (QED) is 0.396. The number of carbonyl (C=O) groups is 1. The molecule has 2 aromatic rings. The van der Waals surface area contributed by atoms with Crippen molar-refractivity contribution >= 4 is 33.3 Å². The molecule has 3 heterocycles. The maximum absolute atomic E-state index is 13.1. The summed E-state index contributed by atoms with van der Waals surface area (Å²) in [5.41, 5.74) is -0.0441. The van der Waals surface area contributed by atoms with Crippen LogP contribution in [0.1, 0.15) is 44.5 Å². The van der Waals surface area contributed by atoms with Crippen molar-refractivity contribution in [3.63, 3.8) is 0 Å². The molecule has 3 rings (SSSR count). The van der Waals surface area contributed by atoms with Crippen LogP contribution in [0.2, 0.25) is 0 Å². The van der Waals surface area contributed by atoms with Crippen LogP contribution in [0, 0.1) is 5.92 Å². The average molecular weight is 517 g/mol. The van der Waals surface area contributed by atoms with E-state index in [0.717, 1.165) is 13.0 Å². The van der Waals surface area contributed by atoms with E-state index >= 15 is 0 Å². The minimum absolute atomic E-state index is 0.0343. The van der Waals surface area contributed by atoms with Gasteiger partial charge in [-0.3, -0.25) is 4.79 Å². The summed E-state index contributed by atoms with van der Waals surface area (Å²) in [6, 6.07) is 7.42. The van der Waals surface area contributed by atoms with Gasteiger partial charge in [0, 0.05) is 29.4 Å². The number of hydrogen-bond donors (Lipinski definition) is 1. The van der Waals surface area contributed by atoms with E-state index in [9.17, 15) is 13.2 Å². The molecule has 1 amide bonds. The third-order valence-corrected chi connectivity index (χ3v) is 6.91. The van der Waals surface area contributed by atoms with Crippen molar-refractivity contribution in [1.29, 1.82) is 0 Å². The molecule has 10 heteroatoms. The van der Waals surface area contributed by atoms with Crippen molar-refractivity contribution in [3.8, 4) is 5.88 Å². The number of carbonyl (C=O) groups excluding carboxylic acids is 1. The summed E-state index contributed by atoms with van der Waals surface area (Å²) in [5, 5.41) is 0.0285. The molecule has 0 aliphatic carbocycles. The standard InChI is InChI=1S/C25H29ClN4O4S/c1-6-9-19(26)14-18(3)34-21-11-7-12-22(28-21)35(32,33)29-24(31)20-10-8-13-27-23(20)30-16-17(2)15-25(30,4)5/h6-14,17H,1,15-16H2,2-5H3,(H,29,31)/b18-14+,19-9+. The molecule has 0 saturated carbocycles. The fourth-order valence-corrected chi connectivity index (χ4v) is 5.30. The molecule has 1 unspecified atom stereocenters. The van der Waals surface area contributed by atoms with Gasteiger partial charge in [-0.2, -0.15) is 13.4 Å². The van der Waals surface area contributed by atoms with Gasteiger partial charge < -0.3 is 9.64 Å². The normalized spacial score (nSPS) is 18.3. The van der Waals surface area contributed by atoms with Gasteiger partial charge in [0.2, 0.25) is 5.88 Å². The second-order valence-electron chi connectivity index (χ2n) is 9.00. The summed E-state index contributed by atoms with van der Waals surface area (Å²) in [7, 11) is -4.28. The van der Waals surface area contributed by atoms with Crippen molar-refractivity contribution in [2.24, 2.45) is 5.92 Å². The fraction of sp³-hybridized carbons (Fsp3) is 0.320. The number of anilines is 1. The molecule has 0 bridgehead atoms. The molecule has 0 spiro atoms. The predicted molar refractivity (Wildman–Crippen MR) is 137 cm³/mol. The Hall–Kier alpha value is -3.17. The number of allylic oxidation sites excluding steroid dienone is 5. The van der Waals surface area contributed by atoms with Crippen LogP contribution < -0.4 is 14.4 Å². The lowest BCUT2D eigenvalue weighted by molar-refractivity contribution is 0.0981. The predicted octanol–water partition coefficient (Wildman–Crippen LogP) is 4.81. The van der Waals surface area contributed by atoms with Gasteiger partial charge in [-0.1, -0.05) is 37.2 Å². The number of hydrogen-bond acceptors (Lipinski definition) is 7. The van der Waals surface area contributed by atoms with Crippen molar-refractivity contribution in [2.75, 3.05) is 11.4 Å². The Labute approximate surface area is 211 Å². The van der Waals surface area contributed by atoms with E-state index in [2.05, 4.69) is 42.0 Å². The van der Waals surface area contributed by atoms with Gasteiger partial charge >= 0.3 is 0 Å². The number of amides is 1. The molecule has 8 nitrogen and oxygen atoms in total. The summed E-state index contributed by atoms with van der Waals surface area (Å²) in [6.07, 6.45) is 7.17. The number of halogens is 1. The maximum Gasteiger partial charge on any atom is 0.281 e. The van der Waals surface area contributed by atoms with Gasteiger partial charge in [0.25, 0.3) is 15.9 Å². The molecule has 1 aliphatic heterocycles. The Balaban J connectivity index is 1.84. The number of nitrogens with one attached hydrogen (secondary N) is 1. The molecule has 1 N–H and O–H groups in total. The highest BCUT2D eigenvalue weighted by Crippen LogP contribution is 2.37. The highest BCUT2D eigenvalue weighted by atomic mass is 35.5. The van der Waals surface area contributed by atoms with Gasteiger partial charge in [-0.05, 0) is 63.5 Å². The van der Waals surface area contributed by atoms with Gasteiger partial charge in [0.15, 0.2) is 5.03 Å². The largest absolute Gasteiger partial charge is 0.444 e. The molecular formula is C25H29ClN4O4S. The third kappa shape index (κ3) is 6.49. The molecule has 2 aromatic heterocycles. The fourth-order valence-electron chi connectivity index (χ4n) is 4.13. The highest BCUT2D eigenvalue weighted by molar-refractivity contribution is 7.90. The van der Waals surface area contributed by atoms with E-state index in [-0.39, 0.29) is 22.0 Å². The van der Waals surface area contributed by atoms with Crippen LogP contribution in [-0.2, 0) is 10.0 Å². The molecule has 1 atom stereocenters. The van der Waals surface area contributed by atoms with Crippen LogP contribution in [0.25, 0.3) is 0 Å². The van der Waals surface area contributed by atoms with E-state index < -0.39 is 15.9 Å². The zero-order valence-corrected chi connectivity index (χ0v) is 21.7. The first-order valence-corrected chi connectivity index (χ1v) is 12.9. The zero-order valence-electron chi connectivity index (χ0n) is 20.2. The van der Waals surface area contributed by atoms with Gasteiger partial charge in [0.1, 0.15) is 11.6 Å². The Morgan fingerprint density at radius 3 is 2.71 bits per heavy atom.